The van der Waals surface area contributed by atoms with Crippen molar-refractivity contribution in [3.8, 4) is 0 Å². The Bertz CT molecular complexity index is 432. The lowest BCUT2D eigenvalue weighted by Crippen LogP contribution is -2.47. The van der Waals surface area contributed by atoms with Gasteiger partial charge in [-0.3, -0.25) is 5.01 Å². The molecule has 0 aliphatic heterocycles. The van der Waals surface area contributed by atoms with E-state index < -0.39 is 0 Å². The molecule has 1 heterocycles. The molecule has 4 nitrogen and oxygen atoms in total. The Morgan fingerprint density at radius 2 is 1.38 bits per heavy atom. The van der Waals surface area contributed by atoms with Gasteiger partial charge in [0.05, 0.1) is 0 Å². The van der Waals surface area contributed by atoms with E-state index >= 15 is 0 Å². The fraction of sp³-hybridized carbons (Fsp3) is 0.500. The van der Waals surface area contributed by atoms with Crippen LogP contribution in [0.5, 0.6) is 0 Å². The van der Waals surface area contributed by atoms with Gasteiger partial charge >= 0.3 is 0 Å². The van der Waals surface area contributed by atoms with Crippen LogP contribution in [0.3, 0.4) is 0 Å². The molecule has 2 rings (SSSR count). The van der Waals surface area contributed by atoms with Gasteiger partial charge in [-0.15, -0.1) is 10.2 Å². The summed E-state index contributed by atoms with van der Waals surface area (Å²) >= 11 is 0. The van der Waals surface area contributed by atoms with Crippen LogP contribution in [-0.2, 0) is 0 Å². The molecule has 0 N–H and O–H groups in total. The largest absolute Gasteiger partial charge is 0.275 e. The number of nitrogens with zero attached hydrogens (tertiary/aromatic N) is 4. The highest BCUT2D eigenvalue weighted by Gasteiger charge is 2.16. The van der Waals surface area contributed by atoms with Gasteiger partial charge in [0.1, 0.15) is 11.0 Å². The van der Waals surface area contributed by atoms with Crippen molar-refractivity contribution in [2.24, 2.45) is 0 Å². The van der Waals surface area contributed by atoms with Crippen molar-refractivity contribution in [3.63, 3.8) is 0 Å². The van der Waals surface area contributed by atoms with Crippen molar-refractivity contribution >= 4 is 11.0 Å². The van der Waals surface area contributed by atoms with Crippen LogP contribution in [0.25, 0.3) is 11.0 Å². The van der Waals surface area contributed by atoms with E-state index in [4.69, 9.17) is 0 Å². The van der Waals surface area contributed by atoms with E-state index in [1.165, 1.54) is 0 Å². The summed E-state index contributed by atoms with van der Waals surface area (Å²) in [6, 6.07) is 8.69. The first kappa shape index (κ1) is 10.9. The van der Waals surface area contributed by atoms with Gasteiger partial charge in [-0.05, 0) is 39.8 Å². The van der Waals surface area contributed by atoms with E-state index in [2.05, 4.69) is 42.9 Å². The van der Waals surface area contributed by atoms with Gasteiger partial charge in [-0.1, -0.05) is 17.0 Å². The van der Waals surface area contributed by atoms with Crippen LogP contribution in [0, 0.1) is 0 Å². The number of benzene rings is 1. The number of hydrogen-bond acceptors (Lipinski definition) is 3. The zero-order chi connectivity index (χ0) is 11.7. The fourth-order valence-corrected chi connectivity index (χ4v) is 1.96. The highest BCUT2D eigenvalue weighted by molar-refractivity contribution is 5.73. The Morgan fingerprint density at radius 1 is 0.938 bits per heavy atom. The van der Waals surface area contributed by atoms with Gasteiger partial charge in [0.15, 0.2) is 0 Å². The molecule has 0 bridgehead atoms. The molecule has 0 amide bonds. The zero-order valence-electron chi connectivity index (χ0n) is 10.3. The highest BCUT2D eigenvalue weighted by atomic mass is 15.8. The summed E-state index contributed by atoms with van der Waals surface area (Å²) in [7, 11) is 0. The van der Waals surface area contributed by atoms with Crippen molar-refractivity contribution in [2.45, 2.75) is 39.8 Å². The minimum Gasteiger partial charge on any atom is -0.275 e. The molecule has 0 aliphatic carbocycles. The molecule has 0 saturated heterocycles. The van der Waals surface area contributed by atoms with E-state index in [1.54, 1.807) is 4.91 Å². The van der Waals surface area contributed by atoms with E-state index in [0.29, 0.717) is 12.1 Å². The first-order valence-electron chi connectivity index (χ1n) is 5.70. The van der Waals surface area contributed by atoms with E-state index in [1.807, 2.05) is 24.3 Å². The maximum absolute atomic E-state index is 4.49. The van der Waals surface area contributed by atoms with Gasteiger partial charge in [0.2, 0.25) is 0 Å². The van der Waals surface area contributed by atoms with E-state index in [-0.39, 0.29) is 0 Å². The molecule has 0 saturated carbocycles. The standard InChI is InChI=1S/C12H18N4/c1-9(2)15(10(3)4)16-13-11-7-5-6-8-12(11)14-16/h5-10H,1-4H3. The average molecular weight is 218 g/mol. The first-order chi connectivity index (χ1) is 7.59. The fourth-order valence-electron chi connectivity index (χ4n) is 1.96. The summed E-state index contributed by atoms with van der Waals surface area (Å²) in [5.41, 5.74) is 1.88. The lowest BCUT2D eigenvalue weighted by molar-refractivity contribution is 0.393. The van der Waals surface area contributed by atoms with Crippen LogP contribution in [0.15, 0.2) is 24.3 Å². The van der Waals surface area contributed by atoms with Gasteiger partial charge < -0.3 is 0 Å². The third-order valence-electron chi connectivity index (χ3n) is 2.54. The molecule has 0 aliphatic rings. The summed E-state index contributed by atoms with van der Waals surface area (Å²) in [6.45, 7) is 8.59. The Kier molecular flexibility index (Phi) is 2.81. The number of aromatic nitrogens is 3. The van der Waals surface area contributed by atoms with Crippen LogP contribution in [0.4, 0.5) is 0 Å². The zero-order valence-corrected chi connectivity index (χ0v) is 10.3. The molecule has 0 atom stereocenters. The van der Waals surface area contributed by atoms with Gasteiger partial charge in [-0.25, -0.2) is 0 Å². The summed E-state index contributed by atoms with van der Waals surface area (Å²) in [5, 5.41) is 11.1. The molecule has 16 heavy (non-hydrogen) atoms. The van der Waals surface area contributed by atoms with Crippen molar-refractivity contribution in [3.05, 3.63) is 24.3 Å². The Labute approximate surface area is 95.8 Å². The lowest BCUT2D eigenvalue weighted by atomic mass is 10.3. The smallest absolute Gasteiger partial charge is 0.115 e. The minimum atomic E-state index is 0.377. The Hall–Kier alpha value is -1.58. The van der Waals surface area contributed by atoms with Gasteiger partial charge in [0, 0.05) is 12.1 Å². The van der Waals surface area contributed by atoms with Gasteiger partial charge in [0.25, 0.3) is 0 Å². The molecule has 86 valence electrons. The molecule has 0 radical (unpaired) electrons. The lowest BCUT2D eigenvalue weighted by Gasteiger charge is -2.30. The molecule has 2 aromatic rings. The molecule has 0 spiro atoms. The highest BCUT2D eigenvalue weighted by Crippen LogP contribution is 2.10. The summed E-state index contributed by atoms with van der Waals surface area (Å²) in [6.07, 6.45) is 0. The second-order valence-corrected chi connectivity index (χ2v) is 4.52. The average Bonchev–Trinajstić information content (AvgIpc) is 2.58. The Morgan fingerprint density at radius 3 is 1.75 bits per heavy atom. The number of hydrogen-bond donors (Lipinski definition) is 0. The normalized spacial score (nSPS) is 11.6. The second-order valence-electron chi connectivity index (χ2n) is 4.52. The predicted octanol–water partition coefficient (Wildman–Crippen LogP) is 2.19. The number of rotatable bonds is 3. The van der Waals surface area contributed by atoms with Gasteiger partial charge in [-0.2, -0.15) is 0 Å². The molecule has 0 fully saturated rings. The van der Waals surface area contributed by atoms with Crippen molar-refractivity contribution in [1.82, 2.24) is 15.1 Å². The third-order valence-corrected chi connectivity index (χ3v) is 2.54. The topological polar surface area (TPSA) is 34.0 Å². The molecule has 1 aromatic heterocycles. The predicted molar refractivity (Wildman–Crippen MR) is 66.0 cm³/mol. The molecular weight excluding hydrogens is 200 g/mol. The van der Waals surface area contributed by atoms with E-state index in [0.717, 1.165) is 11.0 Å². The first-order valence-corrected chi connectivity index (χ1v) is 5.70. The van der Waals surface area contributed by atoms with Crippen molar-refractivity contribution in [2.75, 3.05) is 5.01 Å². The van der Waals surface area contributed by atoms with Crippen molar-refractivity contribution in [1.29, 1.82) is 0 Å². The summed E-state index contributed by atoms with van der Waals surface area (Å²) in [4.78, 5) is 1.72. The minimum absolute atomic E-state index is 0.377. The second kappa shape index (κ2) is 4.12. The maximum Gasteiger partial charge on any atom is 0.115 e. The maximum atomic E-state index is 4.49. The molecule has 1 aromatic carbocycles. The van der Waals surface area contributed by atoms with E-state index in [9.17, 15) is 0 Å². The van der Waals surface area contributed by atoms with Crippen LogP contribution < -0.4 is 5.01 Å². The SMILES string of the molecule is CC(C)N(C(C)C)n1nc2ccccc2n1. The van der Waals surface area contributed by atoms with Crippen LogP contribution in [-0.4, -0.2) is 27.2 Å². The van der Waals surface area contributed by atoms with Crippen molar-refractivity contribution < 1.29 is 0 Å². The molecule has 4 heteroatoms. The van der Waals surface area contributed by atoms with Crippen LogP contribution in [0.2, 0.25) is 0 Å². The third kappa shape index (κ3) is 1.87. The quantitative estimate of drug-likeness (QED) is 0.792. The number of fused-ring (bicyclic) bond motifs is 1. The summed E-state index contributed by atoms with van der Waals surface area (Å²) < 4.78 is 0. The molecule has 0 unspecified atom stereocenters. The summed E-state index contributed by atoms with van der Waals surface area (Å²) in [5.74, 6) is 0. The van der Waals surface area contributed by atoms with Crippen LogP contribution in [0.1, 0.15) is 27.7 Å². The molecular formula is C12H18N4. The Balaban J connectivity index is 2.45. The van der Waals surface area contributed by atoms with Crippen LogP contribution >= 0.6 is 0 Å². The monoisotopic (exact) mass is 218 g/mol.